The molecule has 0 aliphatic carbocycles. The Morgan fingerprint density at radius 1 is 0.917 bits per heavy atom. The number of methoxy groups -OCH3 is 1. The number of hydrogen-bond acceptors (Lipinski definition) is 3. The van der Waals surface area contributed by atoms with Crippen LogP contribution in [0.4, 0.5) is 5.69 Å². The van der Waals surface area contributed by atoms with Crippen molar-refractivity contribution in [1.29, 1.82) is 0 Å². The quantitative estimate of drug-likeness (QED) is 0.720. The van der Waals surface area contributed by atoms with E-state index in [1.54, 1.807) is 7.11 Å². The average Bonchev–Trinajstić information content (AvgIpc) is 2.64. The second-order valence-corrected chi connectivity index (χ2v) is 6.06. The molecule has 0 amide bonds. The Morgan fingerprint density at radius 2 is 1.62 bits per heavy atom. The van der Waals surface area contributed by atoms with Gasteiger partial charge in [-0.15, -0.1) is 0 Å². The number of nitrogens with zero attached hydrogens (tertiary/aromatic N) is 1. The maximum absolute atomic E-state index is 10.4. The number of hydrogen-bond donors (Lipinski definition) is 1. The van der Waals surface area contributed by atoms with E-state index in [1.165, 1.54) is 10.8 Å². The van der Waals surface area contributed by atoms with Crippen molar-refractivity contribution in [3.8, 4) is 5.75 Å². The lowest BCUT2D eigenvalue weighted by Crippen LogP contribution is -2.39. The van der Waals surface area contributed by atoms with E-state index >= 15 is 0 Å². The maximum atomic E-state index is 10.4. The molecule has 0 saturated carbocycles. The van der Waals surface area contributed by atoms with Gasteiger partial charge in [0.2, 0.25) is 0 Å². The standard InChI is InChI=1S/C21H19NO2/c1-14-20(17-12-11-15-7-3-4-8-16(15)13-17)22(21(14)23)18-9-5-6-10-19(18)24-2/h3-13,20,23H,1-2H3. The molecule has 4 rings (SSSR count). The van der Waals surface area contributed by atoms with E-state index in [1.807, 2.05) is 48.2 Å². The first-order chi connectivity index (χ1) is 11.7. The van der Waals surface area contributed by atoms with Crippen molar-refractivity contribution in [2.24, 2.45) is 0 Å². The Bertz CT molecular complexity index is 945. The van der Waals surface area contributed by atoms with Crippen LogP contribution in [0.25, 0.3) is 10.8 Å². The lowest BCUT2D eigenvalue weighted by molar-refractivity contribution is 0.331. The fourth-order valence-corrected chi connectivity index (χ4v) is 3.42. The molecule has 0 fully saturated rings. The summed E-state index contributed by atoms with van der Waals surface area (Å²) in [4.78, 5) is 1.93. The molecule has 0 aromatic heterocycles. The van der Waals surface area contributed by atoms with Crippen LogP contribution >= 0.6 is 0 Å². The van der Waals surface area contributed by atoms with Gasteiger partial charge < -0.3 is 9.84 Å². The number of anilines is 1. The number of fused-ring (bicyclic) bond motifs is 1. The molecule has 3 aromatic rings. The molecule has 1 aliphatic heterocycles. The van der Waals surface area contributed by atoms with Gasteiger partial charge in [-0.25, -0.2) is 0 Å². The summed E-state index contributed by atoms with van der Waals surface area (Å²) >= 11 is 0. The lowest BCUT2D eigenvalue weighted by Gasteiger charge is -2.43. The molecule has 1 aliphatic rings. The molecular formula is C21H19NO2. The van der Waals surface area contributed by atoms with Gasteiger partial charge in [0, 0.05) is 5.57 Å². The van der Waals surface area contributed by atoms with Gasteiger partial charge in [-0.1, -0.05) is 48.5 Å². The number of para-hydroxylation sites is 2. The zero-order valence-corrected chi connectivity index (χ0v) is 13.7. The summed E-state index contributed by atoms with van der Waals surface area (Å²) < 4.78 is 5.46. The zero-order chi connectivity index (χ0) is 16.7. The minimum Gasteiger partial charge on any atom is -0.495 e. The van der Waals surface area contributed by atoms with E-state index in [4.69, 9.17) is 4.74 Å². The van der Waals surface area contributed by atoms with Crippen molar-refractivity contribution in [1.82, 2.24) is 0 Å². The topological polar surface area (TPSA) is 32.7 Å². The van der Waals surface area contributed by atoms with Crippen molar-refractivity contribution in [3.63, 3.8) is 0 Å². The van der Waals surface area contributed by atoms with E-state index < -0.39 is 0 Å². The van der Waals surface area contributed by atoms with Gasteiger partial charge in [-0.3, -0.25) is 4.90 Å². The molecule has 0 spiro atoms. The molecule has 1 atom stereocenters. The second kappa shape index (κ2) is 5.60. The fraction of sp³-hybridized carbons (Fsp3) is 0.143. The Hall–Kier alpha value is -2.94. The predicted octanol–water partition coefficient (Wildman–Crippen LogP) is 5.20. The van der Waals surface area contributed by atoms with Crippen LogP contribution in [-0.4, -0.2) is 12.2 Å². The molecule has 24 heavy (non-hydrogen) atoms. The summed E-state index contributed by atoms with van der Waals surface area (Å²) in [5.74, 6) is 1.06. The summed E-state index contributed by atoms with van der Waals surface area (Å²) in [6.45, 7) is 1.97. The van der Waals surface area contributed by atoms with Crippen molar-refractivity contribution < 1.29 is 9.84 Å². The van der Waals surface area contributed by atoms with Crippen molar-refractivity contribution in [3.05, 3.63) is 83.7 Å². The number of aliphatic hydroxyl groups excluding tert-OH is 1. The summed E-state index contributed by atoms with van der Waals surface area (Å²) in [5, 5.41) is 12.9. The third-order valence-electron chi connectivity index (χ3n) is 4.68. The number of aliphatic hydroxyl groups is 1. The van der Waals surface area contributed by atoms with Gasteiger partial charge in [-0.05, 0) is 41.5 Å². The minimum atomic E-state index is 0.0194. The van der Waals surface area contributed by atoms with Gasteiger partial charge >= 0.3 is 0 Å². The van der Waals surface area contributed by atoms with E-state index in [0.717, 1.165) is 22.6 Å². The molecular weight excluding hydrogens is 298 g/mol. The van der Waals surface area contributed by atoms with Gasteiger partial charge in [0.05, 0.1) is 18.8 Å². The van der Waals surface area contributed by atoms with Gasteiger partial charge in [-0.2, -0.15) is 0 Å². The lowest BCUT2D eigenvalue weighted by atomic mass is 9.90. The highest BCUT2D eigenvalue weighted by atomic mass is 16.5. The molecule has 1 unspecified atom stereocenters. The predicted molar refractivity (Wildman–Crippen MR) is 97.5 cm³/mol. The number of benzene rings is 3. The largest absolute Gasteiger partial charge is 0.495 e. The van der Waals surface area contributed by atoms with Crippen molar-refractivity contribution in [2.75, 3.05) is 12.0 Å². The Kier molecular flexibility index (Phi) is 3.42. The first kappa shape index (κ1) is 14.6. The monoisotopic (exact) mass is 317 g/mol. The highest BCUT2D eigenvalue weighted by molar-refractivity contribution is 5.84. The number of ether oxygens (including phenoxy) is 1. The Balaban J connectivity index is 1.81. The van der Waals surface area contributed by atoms with E-state index in [2.05, 4.69) is 30.3 Å². The molecule has 3 nitrogen and oxygen atoms in total. The van der Waals surface area contributed by atoms with Gasteiger partial charge in [0.15, 0.2) is 5.88 Å². The highest BCUT2D eigenvalue weighted by Gasteiger charge is 2.38. The summed E-state index contributed by atoms with van der Waals surface area (Å²) in [6.07, 6.45) is 0. The molecule has 120 valence electrons. The SMILES string of the molecule is COc1ccccc1N1C(O)=C(C)C1c1ccc2ccccc2c1. The molecule has 3 aromatic carbocycles. The first-order valence-electron chi connectivity index (χ1n) is 8.01. The highest BCUT2D eigenvalue weighted by Crippen LogP contribution is 2.47. The smallest absolute Gasteiger partial charge is 0.193 e. The first-order valence-corrected chi connectivity index (χ1v) is 8.01. The van der Waals surface area contributed by atoms with Crippen LogP contribution in [0, 0.1) is 0 Å². The van der Waals surface area contributed by atoms with Crippen LogP contribution in [0.5, 0.6) is 5.75 Å². The van der Waals surface area contributed by atoms with Crippen LogP contribution in [0.1, 0.15) is 18.5 Å². The molecule has 3 heteroatoms. The summed E-state index contributed by atoms with van der Waals surface area (Å²) in [7, 11) is 1.65. The minimum absolute atomic E-state index is 0.0194. The Labute approximate surface area is 141 Å². The molecule has 0 radical (unpaired) electrons. The molecule has 1 heterocycles. The van der Waals surface area contributed by atoms with Crippen molar-refractivity contribution >= 4 is 16.5 Å². The molecule has 0 saturated heterocycles. The zero-order valence-electron chi connectivity index (χ0n) is 13.7. The van der Waals surface area contributed by atoms with E-state index in [-0.39, 0.29) is 6.04 Å². The van der Waals surface area contributed by atoms with Crippen molar-refractivity contribution in [2.45, 2.75) is 13.0 Å². The third kappa shape index (κ3) is 2.13. The third-order valence-corrected chi connectivity index (χ3v) is 4.68. The normalized spacial score (nSPS) is 17.1. The van der Waals surface area contributed by atoms with E-state index in [9.17, 15) is 5.11 Å². The maximum Gasteiger partial charge on any atom is 0.193 e. The molecule has 1 N–H and O–H groups in total. The van der Waals surface area contributed by atoms with Gasteiger partial charge in [0.25, 0.3) is 0 Å². The van der Waals surface area contributed by atoms with Crippen LogP contribution in [0.2, 0.25) is 0 Å². The molecule has 0 bridgehead atoms. The average molecular weight is 317 g/mol. The number of rotatable bonds is 3. The van der Waals surface area contributed by atoms with Crippen LogP contribution in [-0.2, 0) is 0 Å². The van der Waals surface area contributed by atoms with Crippen LogP contribution < -0.4 is 9.64 Å². The second-order valence-electron chi connectivity index (χ2n) is 6.06. The Morgan fingerprint density at radius 3 is 2.42 bits per heavy atom. The van der Waals surface area contributed by atoms with E-state index in [0.29, 0.717) is 5.88 Å². The fourth-order valence-electron chi connectivity index (χ4n) is 3.42. The summed E-state index contributed by atoms with van der Waals surface area (Å²) in [6, 6.07) is 22.6. The van der Waals surface area contributed by atoms with Crippen LogP contribution in [0.15, 0.2) is 78.2 Å². The summed E-state index contributed by atoms with van der Waals surface area (Å²) in [5.41, 5.74) is 3.01. The van der Waals surface area contributed by atoms with Crippen LogP contribution in [0.3, 0.4) is 0 Å². The van der Waals surface area contributed by atoms with Gasteiger partial charge in [0.1, 0.15) is 5.75 Å².